The average molecular weight is 314 g/mol. The van der Waals surface area contributed by atoms with Crippen LogP contribution in [0.2, 0.25) is 0 Å². The van der Waals surface area contributed by atoms with Crippen molar-refractivity contribution in [3.63, 3.8) is 0 Å². The standard InChI is InChI=1S/C16H14N2O5/c1-2-23-16(20)11-4-3-5-13(8-11)17-10-12-9-14(18(21)22)6-7-15(12)19/h3-10,19H,2H2,1H3. The smallest absolute Gasteiger partial charge is 0.338 e. The number of esters is 1. The molecule has 0 fully saturated rings. The predicted octanol–water partition coefficient (Wildman–Crippen LogP) is 3.23. The molecule has 0 radical (unpaired) electrons. The fraction of sp³-hybridized carbons (Fsp3) is 0.125. The topological polar surface area (TPSA) is 102 Å². The Balaban J connectivity index is 2.27. The van der Waals surface area contributed by atoms with Crippen molar-refractivity contribution < 1.29 is 19.6 Å². The first kappa shape index (κ1) is 16.2. The Morgan fingerprint density at radius 1 is 1.35 bits per heavy atom. The first-order chi connectivity index (χ1) is 11.0. The van der Waals surface area contributed by atoms with E-state index < -0.39 is 10.9 Å². The Morgan fingerprint density at radius 3 is 2.83 bits per heavy atom. The maximum atomic E-state index is 11.7. The molecular weight excluding hydrogens is 300 g/mol. The highest BCUT2D eigenvalue weighted by atomic mass is 16.6. The number of rotatable bonds is 5. The van der Waals surface area contributed by atoms with E-state index in [2.05, 4.69) is 4.99 Å². The molecule has 0 aliphatic heterocycles. The fourth-order valence-electron chi connectivity index (χ4n) is 1.83. The van der Waals surface area contributed by atoms with Gasteiger partial charge in [0.1, 0.15) is 5.75 Å². The van der Waals surface area contributed by atoms with Crippen LogP contribution in [0.4, 0.5) is 11.4 Å². The Morgan fingerprint density at radius 2 is 2.13 bits per heavy atom. The van der Waals surface area contributed by atoms with Crippen LogP contribution in [0.5, 0.6) is 5.75 Å². The van der Waals surface area contributed by atoms with Crippen LogP contribution in [-0.4, -0.2) is 28.8 Å². The van der Waals surface area contributed by atoms with Crippen LogP contribution in [0.1, 0.15) is 22.8 Å². The van der Waals surface area contributed by atoms with E-state index in [1.54, 1.807) is 25.1 Å². The zero-order valence-corrected chi connectivity index (χ0v) is 12.3. The maximum Gasteiger partial charge on any atom is 0.338 e. The van der Waals surface area contributed by atoms with Gasteiger partial charge in [0.2, 0.25) is 0 Å². The summed E-state index contributed by atoms with van der Waals surface area (Å²) in [7, 11) is 0. The third-order valence-electron chi connectivity index (χ3n) is 2.93. The summed E-state index contributed by atoms with van der Waals surface area (Å²) in [5.41, 5.74) is 0.872. The lowest BCUT2D eigenvalue weighted by atomic mass is 10.2. The van der Waals surface area contributed by atoms with Crippen molar-refractivity contribution in [2.24, 2.45) is 4.99 Å². The molecule has 2 aromatic rings. The summed E-state index contributed by atoms with van der Waals surface area (Å²) in [5.74, 6) is -0.580. The van der Waals surface area contributed by atoms with Crippen molar-refractivity contribution in [1.82, 2.24) is 0 Å². The molecule has 0 saturated heterocycles. The van der Waals surface area contributed by atoms with E-state index in [0.29, 0.717) is 11.3 Å². The number of ether oxygens (including phenoxy) is 1. The SMILES string of the molecule is CCOC(=O)c1cccc(N=Cc2cc([N+](=O)[O-])ccc2O)c1. The number of benzene rings is 2. The fourth-order valence-corrected chi connectivity index (χ4v) is 1.83. The molecule has 0 aliphatic rings. The summed E-state index contributed by atoms with van der Waals surface area (Å²) >= 11 is 0. The quantitative estimate of drug-likeness (QED) is 0.395. The lowest BCUT2D eigenvalue weighted by Gasteiger charge is -2.02. The van der Waals surface area contributed by atoms with Crippen molar-refractivity contribution in [2.45, 2.75) is 6.92 Å². The molecule has 1 N–H and O–H groups in total. The van der Waals surface area contributed by atoms with Crippen LogP contribution in [0.3, 0.4) is 0 Å². The molecule has 2 aromatic carbocycles. The summed E-state index contributed by atoms with van der Waals surface area (Å²) in [4.78, 5) is 26.0. The number of carbonyl (C=O) groups excluding carboxylic acids is 1. The number of hydrogen-bond acceptors (Lipinski definition) is 6. The third-order valence-corrected chi connectivity index (χ3v) is 2.93. The number of carbonyl (C=O) groups is 1. The molecule has 118 valence electrons. The van der Waals surface area contributed by atoms with Gasteiger partial charge < -0.3 is 9.84 Å². The second-order valence-corrected chi connectivity index (χ2v) is 4.53. The molecule has 0 amide bonds. The highest BCUT2D eigenvalue weighted by molar-refractivity contribution is 5.91. The number of phenols is 1. The molecule has 2 rings (SSSR count). The Bertz CT molecular complexity index is 771. The minimum Gasteiger partial charge on any atom is -0.507 e. The van der Waals surface area contributed by atoms with Gasteiger partial charge in [-0.2, -0.15) is 0 Å². The van der Waals surface area contributed by atoms with Gasteiger partial charge >= 0.3 is 5.97 Å². The average Bonchev–Trinajstić information content (AvgIpc) is 2.54. The van der Waals surface area contributed by atoms with E-state index >= 15 is 0 Å². The molecule has 7 nitrogen and oxygen atoms in total. The van der Waals surface area contributed by atoms with Crippen molar-refractivity contribution in [2.75, 3.05) is 6.61 Å². The van der Waals surface area contributed by atoms with Crippen LogP contribution >= 0.6 is 0 Å². The molecule has 7 heteroatoms. The second-order valence-electron chi connectivity index (χ2n) is 4.53. The van der Waals surface area contributed by atoms with Crippen LogP contribution in [0.15, 0.2) is 47.5 Å². The summed E-state index contributed by atoms with van der Waals surface area (Å²) in [5, 5.41) is 20.5. The van der Waals surface area contributed by atoms with Gasteiger partial charge in [0.05, 0.1) is 22.8 Å². The van der Waals surface area contributed by atoms with Crippen LogP contribution in [0.25, 0.3) is 0 Å². The number of non-ortho nitro benzene ring substituents is 1. The molecule has 0 bridgehead atoms. The van der Waals surface area contributed by atoms with Crippen LogP contribution in [0, 0.1) is 10.1 Å². The lowest BCUT2D eigenvalue weighted by molar-refractivity contribution is -0.384. The summed E-state index contributed by atoms with van der Waals surface area (Å²) in [6.45, 7) is 1.98. The minimum atomic E-state index is -0.557. The van der Waals surface area contributed by atoms with Gasteiger partial charge in [-0.1, -0.05) is 6.07 Å². The van der Waals surface area contributed by atoms with E-state index in [0.717, 1.165) is 0 Å². The molecular formula is C16H14N2O5. The minimum absolute atomic E-state index is 0.124. The number of aliphatic imine (C=N–C) groups is 1. The van der Waals surface area contributed by atoms with Crippen LogP contribution < -0.4 is 0 Å². The zero-order chi connectivity index (χ0) is 16.8. The number of nitro benzene ring substituents is 1. The van der Waals surface area contributed by atoms with Gasteiger partial charge in [-0.05, 0) is 31.2 Å². The number of nitro groups is 1. The van der Waals surface area contributed by atoms with E-state index in [1.165, 1.54) is 30.5 Å². The van der Waals surface area contributed by atoms with Crippen molar-refractivity contribution in [3.8, 4) is 5.75 Å². The zero-order valence-electron chi connectivity index (χ0n) is 12.3. The summed E-state index contributed by atoms with van der Waals surface area (Å²) < 4.78 is 4.90. The number of nitrogens with zero attached hydrogens (tertiary/aromatic N) is 2. The normalized spacial score (nSPS) is 10.7. The monoisotopic (exact) mass is 314 g/mol. The number of aromatic hydroxyl groups is 1. The lowest BCUT2D eigenvalue weighted by Crippen LogP contribution is -2.03. The maximum absolute atomic E-state index is 11.7. The van der Waals surface area contributed by atoms with Crippen molar-refractivity contribution in [3.05, 3.63) is 63.7 Å². The molecule has 0 aromatic heterocycles. The summed E-state index contributed by atoms with van der Waals surface area (Å²) in [6, 6.07) is 10.1. The van der Waals surface area contributed by atoms with Crippen molar-refractivity contribution in [1.29, 1.82) is 0 Å². The van der Waals surface area contributed by atoms with E-state index in [1.807, 2.05) is 0 Å². The van der Waals surface area contributed by atoms with Gasteiger partial charge in [-0.3, -0.25) is 15.1 Å². The highest BCUT2D eigenvalue weighted by Crippen LogP contribution is 2.22. The van der Waals surface area contributed by atoms with Gasteiger partial charge in [0.25, 0.3) is 5.69 Å². The Kier molecular flexibility index (Phi) is 5.03. The van der Waals surface area contributed by atoms with Crippen LogP contribution in [-0.2, 0) is 4.74 Å². The largest absolute Gasteiger partial charge is 0.507 e. The molecule has 0 spiro atoms. The molecule has 23 heavy (non-hydrogen) atoms. The number of phenolic OH excluding ortho intramolecular Hbond substituents is 1. The molecule has 0 heterocycles. The van der Waals surface area contributed by atoms with E-state index in [-0.39, 0.29) is 23.6 Å². The highest BCUT2D eigenvalue weighted by Gasteiger charge is 2.09. The molecule has 0 saturated carbocycles. The van der Waals surface area contributed by atoms with Gasteiger partial charge in [0.15, 0.2) is 0 Å². The molecule has 0 atom stereocenters. The summed E-state index contributed by atoms with van der Waals surface area (Å²) in [6.07, 6.45) is 1.30. The van der Waals surface area contributed by atoms with E-state index in [4.69, 9.17) is 4.74 Å². The number of hydrogen-bond donors (Lipinski definition) is 1. The van der Waals surface area contributed by atoms with Gasteiger partial charge in [-0.15, -0.1) is 0 Å². The predicted molar refractivity (Wildman–Crippen MR) is 84.4 cm³/mol. The second kappa shape index (κ2) is 7.17. The molecule has 0 aliphatic carbocycles. The first-order valence-electron chi connectivity index (χ1n) is 6.80. The van der Waals surface area contributed by atoms with Gasteiger partial charge in [-0.25, -0.2) is 4.79 Å². The Hall–Kier alpha value is -3.22. The molecule has 0 unspecified atom stereocenters. The van der Waals surface area contributed by atoms with E-state index in [9.17, 15) is 20.0 Å². The van der Waals surface area contributed by atoms with Crippen molar-refractivity contribution >= 4 is 23.6 Å². The first-order valence-corrected chi connectivity index (χ1v) is 6.80. The Labute approximate surface area is 132 Å². The third kappa shape index (κ3) is 4.13. The van der Waals surface area contributed by atoms with Gasteiger partial charge in [0, 0.05) is 23.9 Å².